The molecule has 0 fully saturated rings. The molecule has 0 saturated heterocycles. The van der Waals surface area contributed by atoms with E-state index >= 15 is 0 Å². The molecule has 18 nitrogen and oxygen atoms in total. The van der Waals surface area contributed by atoms with Gasteiger partial charge in [-0.3, -0.25) is 9.59 Å². The van der Waals surface area contributed by atoms with E-state index in [-0.39, 0.29) is 51.6 Å². The molecule has 4 amide bonds. The number of hydrogen-bond donors (Lipinski definition) is 4. The molecule has 0 aromatic heterocycles. The molecule has 0 aliphatic carbocycles. The van der Waals surface area contributed by atoms with Gasteiger partial charge < -0.3 is 59.2 Å². The third kappa shape index (κ3) is 30.5. The maximum Gasteiger partial charge on any atom is 0.407 e. The van der Waals surface area contributed by atoms with Gasteiger partial charge >= 0.3 is 30.0 Å². The third-order valence-corrected chi connectivity index (χ3v) is 7.37. The Labute approximate surface area is 355 Å². The predicted octanol–water partition coefficient (Wildman–Crippen LogP) is 4.11. The number of carbonyl (C=O) groups is 6. The highest BCUT2D eigenvalue weighted by molar-refractivity contribution is 5.87. The number of esters is 3. The average molecular weight is 855 g/mol. The number of ether oxygens (including phenoxy) is 8. The van der Waals surface area contributed by atoms with Crippen LogP contribution in [0.5, 0.6) is 0 Å². The highest BCUT2D eigenvalue weighted by atomic mass is 16.6. The lowest BCUT2D eigenvalue weighted by molar-refractivity contribution is -0.159. The molecule has 18 heteroatoms. The number of carbonyl (C=O) groups excluding carboxylic acids is 6. The smallest absolute Gasteiger partial charge is 0.407 e. The zero-order valence-electron chi connectivity index (χ0n) is 37.1. The third-order valence-electron chi connectivity index (χ3n) is 7.37. The zero-order chi connectivity index (χ0) is 45.0. The molecule has 0 saturated carbocycles. The number of urea groups is 1. The van der Waals surface area contributed by atoms with Crippen molar-refractivity contribution in [1.29, 1.82) is 0 Å². The van der Waals surface area contributed by atoms with Crippen molar-refractivity contribution in [2.75, 3.05) is 65.9 Å². The number of alkyl carbamates (subject to hydrolysis) is 1. The molecule has 2 atom stereocenters. The van der Waals surface area contributed by atoms with E-state index in [1.54, 1.807) is 62.3 Å². The first-order valence-electron chi connectivity index (χ1n) is 20.4. The minimum absolute atomic E-state index is 0.0874. The van der Waals surface area contributed by atoms with Crippen LogP contribution >= 0.6 is 0 Å². The Morgan fingerprint density at radius 3 is 1.60 bits per heavy atom. The van der Waals surface area contributed by atoms with Crippen molar-refractivity contribution >= 4 is 35.9 Å². The van der Waals surface area contributed by atoms with Crippen LogP contribution < -0.4 is 21.3 Å². The van der Waals surface area contributed by atoms with Gasteiger partial charge in [0.1, 0.15) is 42.1 Å². The Balaban J connectivity index is 2.30. The molecule has 1 aromatic carbocycles. The number of unbranched alkanes of at least 4 members (excludes halogenated alkanes) is 1. The number of benzene rings is 1. The lowest BCUT2D eigenvalue weighted by Gasteiger charge is -2.27. The lowest BCUT2D eigenvalue weighted by atomic mass is 10.1. The fourth-order valence-corrected chi connectivity index (χ4v) is 4.83. The topological polar surface area (TPSA) is 224 Å². The second-order valence-corrected chi connectivity index (χ2v) is 16.6. The Bertz CT molecular complexity index is 1420. The van der Waals surface area contributed by atoms with Crippen LogP contribution in [0, 0.1) is 0 Å². The molecule has 60 heavy (non-hydrogen) atoms. The largest absolute Gasteiger partial charge is 0.460 e. The van der Waals surface area contributed by atoms with Crippen molar-refractivity contribution in [1.82, 2.24) is 21.3 Å². The summed E-state index contributed by atoms with van der Waals surface area (Å²) in [6.07, 6.45) is 0.348. The summed E-state index contributed by atoms with van der Waals surface area (Å²) in [6, 6.07) is 6.31. The van der Waals surface area contributed by atoms with Gasteiger partial charge in [-0.2, -0.15) is 0 Å². The first-order chi connectivity index (χ1) is 28.1. The fourth-order valence-electron chi connectivity index (χ4n) is 4.83. The van der Waals surface area contributed by atoms with Crippen LogP contribution in [0.1, 0.15) is 100.0 Å². The quantitative estimate of drug-likeness (QED) is 0.0529. The zero-order valence-corrected chi connectivity index (χ0v) is 37.1. The van der Waals surface area contributed by atoms with Crippen molar-refractivity contribution in [2.24, 2.45) is 0 Å². The van der Waals surface area contributed by atoms with Gasteiger partial charge in [0.2, 0.25) is 5.91 Å². The molecular formula is C42H70N4O14. The van der Waals surface area contributed by atoms with Gasteiger partial charge in [0.05, 0.1) is 46.2 Å². The summed E-state index contributed by atoms with van der Waals surface area (Å²) in [7, 11) is 0. The second-order valence-electron chi connectivity index (χ2n) is 16.6. The van der Waals surface area contributed by atoms with Crippen molar-refractivity contribution in [2.45, 2.75) is 130 Å². The molecule has 0 spiro atoms. The van der Waals surface area contributed by atoms with E-state index in [9.17, 15) is 28.8 Å². The van der Waals surface area contributed by atoms with Crippen molar-refractivity contribution in [3.8, 4) is 0 Å². The highest BCUT2D eigenvalue weighted by Gasteiger charge is 2.31. The Hall–Kier alpha value is -4.52. The van der Waals surface area contributed by atoms with Gasteiger partial charge in [-0.1, -0.05) is 30.3 Å². The summed E-state index contributed by atoms with van der Waals surface area (Å²) in [6.45, 7) is 18.2. The molecule has 0 unspecified atom stereocenters. The summed E-state index contributed by atoms with van der Waals surface area (Å²) in [5.74, 6) is -2.27. The molecule has 0 aliphatic heterocycles. The molecular weight excluding hydrogens is 784 g/mol. The lowest BCUT2D eigenvalue weighted by Crippen LogP contribution is -2.53. The second kappa shape index (κ2) is 28.9. The number of rotatable bonds is 28. The van der Waals surface area contributed by atoms with Gasteiger partial charge in [-0.25, -0.2) is 19.2 Å². The molecule has 0 heterocycles. The summed E-state index contributed by atoms with van der Waals surface area (Å²) in [5.41, 5.74) is -1.50. The van der Waals surface area contributed by atoms with Crippen LogP contribution in [0.15, 0.2) is 30.3 Å². The van der Waals surface area contributed by atoms with E-state index in [1.807, 2.05) is 30.3 Å². The minimum atomic E-state index is -1.20. The highest BCUT2D eigenvalue weighted by Crippen LogP contribution is 2.15. The average Bonchev–Trinajstić information content (AvgIpc) is 3.13. The van der Waals surface area contributed by atoms with Gasteiger partial charge in [-0.05, 0) is 93.6 Å². The Morgan fingerprint density at radius 2 is 1.07 bits per heavy atom. The maximum atomic E-state index is 13.1. The van der Waals surface area contributed by atoms with E-state index in [0.29, 0.717) is 59.0 Å². The maximum absolute atomic E-state index is 13.1. The van der Waals surface area contributed by atoms with Crippen LogP contribution in [0.2, 0.25) is 0 Å². The summed E-state index contributed by atoms with van der Waals surface area (Å²) < 4.78 is 43.1. The SMILES string of the molecule is CC(C)(C)OC(=O)CC[C@H](NC(=O)N[C@@H](CCCCNC(=O)COCCOCCOCCOCCNC(=O)OCc1ccccc1)C(=O)OC(C)(C)C)C(=O)OC(C)(C)C. The van der Waals surface area contributed by atoms with Gasteiger partial charge in [-0.15, -0.1) is 0 Å². The number of nitrogens with one attached hydrogen (secondary N) is 4. The summed E-state index contributed by atoms with van der Waals surface area (Å²) in [5, 5.41) is 10.5. The molecule has 1 aromatic rings. The van der Waals surface area contributed by atoms with Crippen LogP contribution in [-0.2, 0) is 63.7 Å². The Kier molecular flexibility index (Phi) is 25.7. The molecule has 0 bridgehead atoms. The van der Waals surface area contributed by atoms with Crippen molar-refractivity contribution in [3.05, 3.63) is 35.9 Å². The first-order valence-corrected chi connectivity index (χ1v) is 20.4. The standard InChI is InChI=1S/C42H70N4O14/c1-40(2,3)58-35(48)19-18-33(37(50)60-42(7,8)9)46-38(51)45-32(36(49)59-41(4,5)6)17-13-14-20-43-34(47)30-56-28-27-55-26-25-54-24-23-53-22-21-44-39(52)57-29-31-15-11-10-12-16-31/h10-12,15-16,32-33H,13-14,17-30H2,1-9H3,(H,43,47)(H,44,52)(H2,45,46,51)/t32-,33-/m0/s1. The normalized spacial score (nSPS) is 12.7. The van der Waals surface area contributed by atoms with Gasteiger partial charge in [0.15, 0.2) is 0 Å². The van der Waals surface area contributed by atoms with Gasteiger partial charge in [0.25, 0.3) is 0 Å². The summed E-state index contributed by atoms with van der Waals surface area (Å²) in [4.78, 5) is 75.4. The fraction of sp³-hybridized carbons (Fsp3) is 0.714. The van der Waals surface area contributed by atoms with Crippen molar-refractivity contribution < 1.29 is 66.7 Å². The molecule has 4 N–H and O–H groups in total. The van der Waals surface area contributed by atoms with Gasteiger partial charge in [0, 0.05) is 19.5 Å². The van der Waals surface area contributed by atoms with Crippen LogP contribution in [0.4, 0.5) is 9.59 Å². The Morgan fingerprint density at radius 1 is 0.567 bits per heavy atom. The van der Waals surface area contributed by atoms with E-state index in [4.69, 9.17) is 37.9 Å². The van der Waals surface area contributed by atoms with E-state index < -0.39 is 58.9 Å². The molecule has 342 valence electrons. The molecule has 0 aliphatic rings. The number of amides is 4. The number of hydrogen-bond acceptors (Lipinski definition) is 14. The van der Waals surface area contributed by atoms with Crippen LogP contribution in [0.25, 0.3) is 0 Å². The minimum Gasteiger partial charge on any atom is -0.460 e. The predicted molar refractivity (Wildman–Crippen MR) is 221 cm³/mol. The van der Waals surface area contributed by atoms with Crippen molar-refractivity contribution in [3.63, 3.8) is 0 Å². The van der Waals surface area contributed by atoms with E-state index in [2.05, 4.69) is 21.3 Å². The van der Waals surface area contributed by atoms with Crippen LogP contribution in [0.3, 0.4) is 0 Å². The first kappa shape index (κ1) is 53.5. The molecule has 0 radical (unpaired) electrons. The van der Waals surface area contributed by atoms with E-state index in [0.717, 1.165) is 5.56 Å². The van der Waals surface area contributed by atoms with E-state index in [1.165, 1.54) is 0 Å². The summed E-state index contributed by atoms with van der Waals surface area (Å²) >= 11 is 0. The molecule has 1 rings (SSSR count). The monoisotopic (exact) mass is 854 g/mol. The van der Waals surface area contributed by atoms with Crippen LogP contribution in [-0.4, -0.2) is 131 Å².